The molecule has 1 N–H and O–H groups in total. The van der Waals surface area contributed by atoms with E-state index in [2.05, 4.69) is 49.1 Å². The zero-order valence-electron chi connectivity index (χ0n) is 17.2. The first-order chi connectivity index (χ1) is 14.6. The molecular formula is C28H26O2. The first-order valence-corrected chi connectivity index (χ1v) is 10.3. The minimum Gasteiger partial charge on any atom is -0.369 e. The van der Waals surface area contributed by atoms with Gasteiger partial charge in [0.15, 0.2) is 5.60 Å². The van der Waals surface area contributed by atoms with E-state index in [1.807, 2.05) is 60.7 Å². The van der Waals surface area contributed by atoms with Gasteiger partial charge in [-0.15, -0.1) is 0 Å². The van der Waals surface area contributed by atoms with E-state index in [-0.39, 0.29) is 0 Å². The third kappa shape index (κ3) is 4.89. The normalized spacial score (nSPS) is 16.7. The van der Waals surface area contributed by atoms with Gasteiger partial charge in [0.05, 0.1) is 6.61 Å². The van der Waals surface area contributed by atoms with Crippen molar-refractivity contribution in [3.05, 3.63) is 113 Å². The van der Waals surface area contributed by atoms with Crippen LogP contribution in [0.4, 0.5) is 0 Å². The largest absolute Gasteiger partial charge is 0.369 e. The molecule has 0 radical (unpaired) electrons. The van der Waals surface area contributed by atoms with Crippen molar-refractivity contribution in [1.82, 2.24) is 0 Å². The molecule has 2 nitrogen and oxygen atoms in total. The van der Waals surface area contributed by atoms with Crippen LogP contribution in [-0.4, -0.2) is 18.3 Å². The van der Waals surface area contributed by atoms with Crippen molar-refractivity contribution in [2.45, 2.75) is 18.9 Å². The fourth-order valence-corrected chi connectivity index (χ4v) is 3.53. The smallest absolute Gasteiger partial charge is 0.176 e. The van der Waals surface area contributed by atoms with Gasteiger partial charge in [-0.3, -0.25) is 0 Å². The number of aliphatic hydroxyl groups is 1. The molecule has 4 rings (SSSR count). The van der Waals surface area contributed by atoms with E-state index < -0.39 is 5.60 Å². The van der Waals surface area contributed by atoms with Gasteiger partial charge >= 0.3 is 0 Å². The summed E-state index contributed by atoms with van der Waals surface area (Å²) in [4.78, 5) is 0. The summed E-state index contributed by atoms with van der Waals surface area (Å²) in [5.74, 6) is 6.56. The Balaban J connectivity index is 1.36. The van der Waals surface area contributed by atoms with Gasteiger partial charge in [0, 0.05) is 17.0 Å². The molecule has 150 valence electrons. The summed E-state index contributed by atoms with van der Waals surface area (Å²) in [6, 6.07) is 27.7. The predicted molar refractivity (Wildman–Crippen MR) is 122 cm³/mol. The number of hydrogen-bond acceptors (Lipinski definition) is 2. The molecule has 3 aromatic carbocycles. The number of benzene rings is 3. The maximum absolute atomic E-state index is 11.4. The molecule has 1 saturated carbocycles. The van der Waals surface area contributed by atoms with Crippen LogP contribution in [0.1, 0.15) is 28.7 Å². The second-order valence-electron chi connectivity index (χ2n) is 7.79. The number of aryl methyl sites for hydroxylation is 1. The maximum atomic E-state index is 11.4. The molecule has 1 aliphatic carbocycles. The second kappa shape index (κ2) is 9.13. The average Bonchev–Trinajstić information content (AvgIpc) is 3.53. The van der Waals surface area contributed by atoms with Gasteiger partial charge in [0.2, 0.25) is 0 Å². The molecule has 0 aliphatic heterocycles. The third-order valence-corrected chi connectivity index (χ3v) is 5.42. The molecule has 0 saturated heterocycles. The molecule has 1 fully saturated rings. The van der Waals surface area contributed by atoms with E-state index >= 15 is 0 Å². The van der Waals surface area contributed by atoms with Gasteiger partial charge in [-0.1, -0.05) is 114 Å². The molecule has 0 amide bonds. The SMILES string of the molecule is Cc1ccc(/C=C2\CC2COCC#CC(O)(c2ccccc2)c2ccccc2)cc1. The molecule has 1 aliphatic rings. The lowest BCUT2D eigenvalue weighted by molar-refractivity contribution is 0.141. The fraction of sp³-hybridized carbons (Fsp3) is 0.214. The zero-order valence-corrected chi connectivity index (χ0v) is 17.2. The highest BCUT2D eigenvalue weighted by molar-refractivity contribution is 5.58. The van der Waals surface area contributed by atoms with Crippen molar-refractivity contribution in [2.24, 2.45) is 5.92 Å². The van der Waals surface area contributed by atoms with E-state index in [4.69, 9.17) is 4.74 Å². The van der Waals surface area contributed by atoms with Crippen LogP contribution in [0.3, 0.4) is 0 Å². The molecule has 0 heterocycles. The van der Waals surface area contributed by atoms with E-state index in [0.717, 1.165) is 17.5 Å². The molecular weight excluding hydrogens is 368 g/mol. The van der Waals surface area contributed by atoms with Gasteiger partial charge in [-0.25, -0.2) is 0 Å². The molecule has 2 heteroatoms. The average molecular weight is 395 g/mol. The molecule has 30 heavy (non-hydrogen) atoms. The molecule has 0 aromatic heterocycles. The van der Waals surface area contributed by atoms with Gasteiger partial charge < -0.3 is 9.84 Å². The van der Waals surface area contributed by atoms with Crippen molar-refractivity contribution < 1.29 is 9.84 Å². The summed E-state index contributed by atoms with van der Waals surface area (Å²) in [5.41, 5.74) is 4.12. The van der Waals surface area contributed by atoms with E-state index in [0.29, 0.717) is 19.1 Å². The third-order valence-electron chi connectivity index (χ3n) is 5.42. The van der Waals surface area contributed by atoms with Crippen LogP contribution in [0.15, 0.2) is 90.5 Å². The van der Waals surface area contributed by atoms with Crippen LogP contribution < -0.4 is 0 Å². The van der Waals surface area contributed by atoms with Crippen molar-refractivity contribution in [3.63, 3.8) is 0 Å². The molecule has 0 bridgehead atoms. The van der Waals surface area contributed by atoms with E-state index in [9.17, 15) is 5.11 Å². The Hall–Kier alpha value is -3.12. The molecule has 3 aromatic rings. The summed E-state index contributed by atoms with van der Waals surface area (Å²) >= 11 is 0. The quantitative estimate of drug-likeness (QED) is 0.451. The maximum Gasteiger partial charge on any atom is 0.176 e. The van der Waals surface area contributed by atoms with Crippen molar-refractivity contribution >= 4 is 6.08 Å². The van der Waals surface area contributed by atoms with Crippen molar-refractivity contribution in [2.75, 3.05) is 13.2 Å². The Morgan fingerprint density at radius 3 is 2.13 bits per heavy atom. The topological polar surface area (TPSA) is 29.5 Å². The van der Waals surface area contributed by atoms with E-state index in [1.165, 1.54) is 16.7 Å². The fourth-order valence-electron chi connectivity index (χ4n) is 3.53. The second-order valence-corrected chi connectivity index (χ2v) is 7.79. The highest BCUT2D eigenvalue weighted by Gasteiger charge is 2.30. The summed E-state index contributed by atoms with van der Waals surface area (Å²) in [7, 11) is 0. The minimum absolute atomic E-state index is 0.302. The van der Waals surface area contributed by atoms with Gasteiger partial charge in [-0.2, -0.15) is 0 Å². The van der Waals surface area contributed by atoms with Crippen LogP contribution in [-0.2, 0) is 10.3 Å². The van der Waals surface area contributed by atoms with Crippen molar-refractivity contribution in [1.29, 1.82) is 0 Å². The molecule has 1 atom stereocenters. The monoisotopic (exact) mass is 394 g/mol. The molecule has 0 spiro atoms. The van der Waals surface area contributed by atoms with Crippen molar-refractivity contribution in [3.8, 4) is 11.8 Å². The van der Waals surface area contributed by atoms with Gasteiger partial charge in [0.1, 0.15) is 6.61 Å². The number of hydrogen-bond donors (Lipinski definition) is 1. The summed E-state index contributed by atoms with van der Waals surface area (Å²) in [5, 5.41) is 11.4. The van der Waals surface area contributed by atoms with E-state index in [1.54, 1.807) is 0 Å². The lowest BCUT2D eigenvalue weighted by atomic mass is 9.87. The zero-order chi connectivity index (χ0) is 20.8. The van der Waals surface area contributed by atoms with Crippen LogP contribution in [0, 0.1) is 24.7 Å². The Morgan fingerprint density at radius 2 is 1.53 bits per heavy atom. The molecule has 1 unspecified atom stereocenters. The minimum atomic E-state index is -1.35. The Morgan fingerprint density at radius 1 is 0.933 bits per heavy atom. The lowest BCUT2D eigenvalue weighted by Gasteiger charge is -2.23. The summed E-state index contributed by atoms with van der Waals surface area (Å²) in [6.07, 6.45) is 3.34. The Bertz CT molecular complexity index is 1010. The van der Waals surface area contributed by atoms with Crippen LogP contribution in [0.25, 0.3) is 6.08 Å². The summed E-state index contributed by atoms with van der Waals surface area (Å²) in [6.45, 7) is 3.07. The Kier molecular flexibility index (Phi) is 6.14. The Labute approximate surface area is 178 Å². The van der Waals surface area contributed by atoms with Crippen LogP contribution in [0.5, 0.6) is 0 Å². The van der Waals surface area contributed by atoms with Crippen LogP contribution in [0.2, 0.25) is 0 Å². The van der Waals surface area contributed by atoms with Gasteiger partial charge in [0.25, 0.3) is 0 Å². The predicted octanol–water partition coefficient (Wildman–Crippen LogP) is 5.35. The highest BCUT2D eigenvalue weighted by Crippen LogP contribution is 2.39. The number of rotatable bonds is 6. The summed E-state index contributed by atoms with van der Waals surface area (Å²) < 4.78 is 5.79. The lowest BCUT2D eigenvalue weighted by Crippen LogP contribution is -2.25. The number of ether oxygens (including phenoxy) is 1. The highest BCUT2D eigenvalue weighted by atomic mass is 16.5. The first-order valence-electron chi connectivity index (χ1n) is 10.3. The standard InChI is InChI=1S/C28H26O2/c1-22-13-15-23(16-14-22)19-24-20-25(24)21-30-18-8-17-28(29,26-9-4-2-5-10-26)27-11-6-3-7-12-27/h2-7,9-16,19,25,29H,18,20-21H2,1H3/b24-19+. The first kappa shape index (κ1) is 20.2. The van der Waals surface area contributed by atoms with Crippen LogP contribution >= 0.6 is 0 Å². The van der Waals surface area contributed by atoms with Gasteiger partial charge in [-0.05, 0) is 18.9 Å².